The number of nitrogens with two attached hydrogens (primary N) is 1. The van der Waals surface area contributed by atoms with Crippen molar-refractivity contribution in [1.29, 1.82) is 0 Å². The maximum atomic E-state index is 12.4. The maximum Gasteiger partial charge on any atom is 0.232 e. The molecule has 0 bridgehead atoms. The summed E-state index contributed by atoms with van der Waals surface area (Å²) in [4.78, 5) is 18.8. The van der Waals surface area contributed by atoms with Gasteiger partial charge in [-0.2, -0.15) is 4.98 Å². The van der Waals surface area contributed by atoms with Crippen LogP contribution in [0.5, 0.6) is 5.75 Å². The highest BCUT2D eigenvalue weighted by Gasteiger charge is 2.41. The van der Waals surface area contributed by atoms with E-state index in [1.165, 1.54) is 0 Å². The average Bonchev–Trinajstić information content (AvgIpc) is 3.34. The zero-order valence-corrected chi connectivity index (χ0v) is 15.9. The van der Waals surface area contributed by atoms with E-state index in [4.69, 9.17) is 20.0 Å². The molecule has 7 nitrogen and oxygen atoms in total. The first-order valence-electron chi connectivity index (χ1n) is 9.54. The Balaban J connectivity index is 1.66. The number of methoxy groups -OCH3 is 1. The van der Waals surface area contributed by atoms with Crippen LogP contribution in [-0.2, 0) is 10.3 Å². The van der Waals surface area contributed by atoms with Gasteiger partial charge in [-0.15, -0.1) is 0 Å². The van der Waals surface area contributed by atoms with Crippen molar-refractivity contribution < 1.29 is 14.1 Å². The third-order valence-electron chi connectivity index (χ3n) is 6.02. The molecule has 2 N–H and O–H groups in total. The molecule has 27 heavy (non-hydrogen) atoms. The number of carbonyl (C=O) groups excluding carboxylic acids is 1. The van der Waals surface area contributed by atoms with Crippen molar-refractivity contribution in [3.8, 4) is 5.75 Å². The first-order valence-corrected chi connectivity index (χ1v) is 9.54. The monoisotopic (exact) mass is 370 g/mol. The lowest BCUT2D eigenvalue weighted by Gasteiger charge is -2.37. The Morgan fingerprint density at radius 3 is 2.63 bits per heavy atom. The molecule has 0 radical (unpaired) electrons. The van der Waals surface area contributed by atoms with Gasteiger partial charge >= 0.3 is 0 Å². The number of likely N-dealkylation sites (N-methyl/N-ethyl adjacent to an activating group) is 1. The molecule has 144 valence electrons. The molecule has 1 aliphatic carbocycles. The molecule has 2 unspecified atom stereocenters. The molecule has 1 aromatic heterocycles. The van der Waals surface area contributed by atoms with Crippen molar-refractivity contribution in [3.63, 3.8) is 0 Å². The van der Waals surface area contributed by atoms with Crippen molar-refractivity contribution in [3.05, 3.63) is 41.5 Å². The van der Waals surface area contributed by atoms with Crippen molar-refractivity contribution >= 4 is 5.91 Å². The second kappa shape index (κ2) is 6.96. The summed E-state index contributed by atoms with van der Waals surface area (Å²) in [5.74, 6) is 2.03. The summed E-state index contributed by atoms with van der Waals surface area (Å²) in [6.07, 6.45) is 5.11. The van der Waals surface area contributed by atoms with E-state index in [1.807, 2.05) is 31.3 Å². The minimum absolute atomic E-state index is 0.0488. The van der Waals surface area contributed by atoms with Gasteiger partial charge in [-0.25, -0.2) is 0 Å². The second-order valence-corrected chi connectivity index (χ2v) is 7.69. The van der Waals surface area contributed by atoms with E-state index in [1.54, 1.807) is 12.0 Å². The van der Waals surface area contributed by atoms with Crippen LogP contribution >= 0.6 is 0 Å². The fraction of sp³-hybridized carbons (Fsp3) is 0.550. The van der Waals surface area contributed by atoms with Gasteiger partial charge in [-0.05, 0) is 37.0 Å². The highest BCUT2D eigenvalue weighted by atomic mass is 16.5. The molecule has 2 aliphatic rings. The molecule has 1 saturated carbocycles. The van der Waals surface area contributed by atoms with Crippen LogP contribution in [0.15, 0.2) is 28.8 Å². The van der Waals surface area contributed by atoms with E-state index in [9.17, 15) is 4.79 Å². The summed E-state index contributed by atoms with van der Waals surface area (Å²) >= 11 is 0. The Morgan fingerprint density at radius 1 is 1.26 bits per heavy atom. The van der Waals surface area contributed by atoms with E-state index in [0.29, 0.717) is 24.6 Å². The molecule has 0 spiro atoms. The van der Waals surface area contributed by atoms with Gasteiger partial charge in [0.15, 0.2) is 5.82 Å². The molecule has 1 aliphatic heterocycles. The zero-order valence-electron chi connectivity index (χ0n) is 15.9. The molecular formula is C20H26N4O3. The minimum atomic E-state index is -0.478. The number of hydrogen-bond donors (Lipinski definition) is 1. The molecule has 2 fully saturated rings. The van der Waals surface area contributed by atoms with Crippen LogP contribution in [0.1, 0.15) is 67.8 Å². The van der Waals surface area contributed by atoms with E-state index in [-0.39, 0.29) is 17.9 Å². The number of aromatic nitrogens is 2. The van der Waals surface area contributed by atoms with Crippen molar-refractivity contribution in [2.75, 3.05) is 14.2 Å². The topological polar surface area (TPSA) is 94.5 Å². The average molecular weight is 370 g/mol. The molecular weight excluding hydrogens is 344 g/mol. The van der Waals surface area contributed by atoms with Crippen LogP contribution in [-0.4, -0.2) is 35.1 Å². The number of benzene rings is 1. The predicted octanol–water partition coefficient (Wildman–Crippen LogP) is 2.88. The number of hydrogen-bond acceptors (Lipinski definition) is 6. The normalized spacial score (nSPS) is 25.0. The van der Waals surface area contributed by atoms with Gasteiger partial charge in [0.05, 0.1) is 24.6 Å². The first-order chi connectivity index (χ1) is 13.0. The van der Waals surface area contributed by atoms with Crippen LogP contribution in [0.4, 0.5) is 0 Å². The third kappa shape index (κ3) is 3.20. The summed E-state index contributed by atoms with van der Waals surface area (Å²) in [5, 5.41) is 4.21. The van der Waals surface area contributed by atoms with Crippen LogP contribution in [0, 0.1) is 0 Å². The fourth-order valence-electron chi connectivity index (χ4n) is 4.37. The van der Waals surface area contributed by atoms with Crippen LogP contribution < -0.4 is 10.5 Å². The Kier molecular flexibility index (Phi) is 4.63. The lowest BCUT2D eigenvalue weighted by atomic mass is 9.84. The summed E-state index contributed by atoms with van der Waals surface area (Å²) in [6, 6.07) is 7.65. The van der Waals surface area contributed by atoms with Crippen LogP contribution in [0.25, 0.3) is 0 Å². The van der Waals surface area contributed by atoms with E-state index in [0.717, 1.165) is 37.0 Å². The van der Waals surface area contributed by atoms with E-state index < -0.39 is 5.54 Å². The SMILES string of the molecule is COc1ccc(C2C(c3nc(C4(N)CCCC4)no3)CCC(=O)N2C)cc1. The Labute approximate surface area is 158 Å². The molecule has 7 heteroatoms. The molecule has 1 amide bonds. The van der Waals surface area contributed by atoms with E-state index in [2.05, 4.69) is 5.16 Å². The third-order valence-corrected chi connectivity index (χ3v) is 6.02. The predicted molar refractivity (Wildman–Crippen MR) is 99.1 cm³/mol. The Hall–Kier alpha value is -2.41. The summed E-state index contributed by atoms with van der Waals surface area (Å²) < 4.78 is 10.9. The number of rotatable bonds is 4. The minimum Gasteiger partial charge on any atom is -0.497 e. The smallest absolute Gasteiger partial charge is 0.232 e. The number of likely N-dealkylation sites (tertiary alicyclic amines) is 1. The molecule has 2 heterocycles. The highest BCUT2D eigenvalue weighted by Crippen LogP contribution is 2.43. The Bertz CT molecular complexity index is 811. The largest absolute Gasteiger partial charge is 0.497 e. The lowest BCUT2D eigenvalue weighted by Crippen LogP contribution is -2.39. The first kappa shape index (κ1) is 18.0. The summed E-state index contributed by atoms with van der Waals surface area (Å²) in [7, 11) is 3.47. The maximum absolute atomic E-state index is 12.4. The number of piperidine rings is 1. The van der Waals surface area contributed by atoms with Crippen LogP contribution in [0.2, 0.25) is 0 Å². The quantitative estimate of drug-likeness (QED) is 0.889. The van der Waals surface area contributed by atoms with Gasteiger partial charge in [0.1, 0.15) is 5.75 Å². The van der Waals surface area contributed by atoms with Crippen LogP contribution in [0.3, 0.4) is 0 Å². The van der Waals surface area contributed by atoms with Crippen molar-refractivity contribution in [1.82, 2.24) is 15.0 Å². The van der Waals surface area contributed by atoms with Crippen molar-refractivity contribution in [2.24, 2.45) is 5.73 Å². The fourth-order valence-corrected chi connectivity index (χ4v) is 4.37. The standard InChI is InChI=1S/C20H26N4O3/c1-24-16(25)10-9-15(17(24)13-5-7-14(26-2)8-6-13)18-22-19(23-27-18)20(21)11-3-4-12-20/h5-8,15,17H,3-4,9-12,21H2,1-2H3. The van der Waals surface area contributed by atoms with Gasteiger partial charge < -0.3 is 19.9 Å². The van der Waals surface area contributed by atoms with Gasteiger partial charge in [0.2, 0.25) is 11.8 Å². The Morgan fingerprint density at radius 2 is 1.96 bits per heavy atom. The number of amides is 1. The van der Waals surface area contributed by atoms with E-state index >= 15 is 0 Å². The molecule has 2 atom stereocenters. The molecule has 1 aromatic carbocycles. The number of carbonyl (C=O) groups is 1. The van der Waals surface area contributed by atoms with Gasteiger partial charge in [0.25, 0.3) is 0 Å². The molecule has 1 saturated heterocycles. The molecule has 2 aromatic rings. The number of ether oxygens (including phenoxy) is 1. The van der Waals surface area contributed by atoms with Gasteiger partial charge in [0, 0.05) is 13.5 Å². The van der Waals surface area contributed by atoms with Gasteiger partial charge in [-0.3, -0.25) is 4.79 Å². The molecule has 4 rings (SSSR count). The van der Waals surface area contributed by atoms with Gasteiger partial charge in [-0.1, -0.05) is 30.1 Å². The summed E-state index contributed by atoms with van der Waals surface area (Å²) in [6.45, 7) is 0. The second-order valence-electron chi connectivity index (χ2n) is 7.69. The zero-order chi connectivity index (χ0) is 19.0. The van der Waals surface area contributed by atoms with Crippen molar-refractivity contribution in [2.45, 2.75) is 56.0 Å². The lowest BCUT2D eigenvalue weighted by molar-refractivity contribution is -0.135. The summed E-state index contributed by atoms with van der Waals surface area (Å²) in [5.41, 5.74) is 7.04. The number of nitrogens with zero attached hydrogens (tertiary/aromatic N) is 3. The highest BCUT2D eigenvalue weighted by molar-refractivity contribution is 5.77.